The Morgan fingerprint density at radius 2 is 1.70 bits per heavy atom. The standard InChI is InChI=1S/C15H31N2O2P/c1-6-8-9-10-11-13-18-20(19-14-12-16-5)17(7-2)15(3)4/h15H,6-14H2,1-4H3. The first-order valence-corrected chi connectivity index (χ1v) is 8.96. The summed E-state index contributed by atoms with van der Waals surface area (Å²) in [6.45, 7) is 18.0. The lowest BCUT2D eigenvalue weighted by Gasteiger charge is -2.31. The van der Waals surface area contributed by atoms with Crippen LogP contribution in [0, 0.1) is 6.57 Å². The first-order chi connectivity index (χ1) is 9.67. The van der Waals surface area contributed by atoms with E-state index in [9.17, 15) is 0 Å². The Bertz CT molecular complexity index is 257. The first-order valence-electron chi connectivity index (χ1n) is 7.83. The minimum atomic E-state index is -1.01. The van der Waals surface area contributed by atoms with Crippen LogP contribution in [0.15, 0.2) is 0 Å². The van der Waals surface area contributed by atoms with E-state index < -0.39 is 8.53 Å². The van der Waals surface area contributed by atoms with Gasteiger partial charge in [0.15, 0.2) is 0 Å². The molecule has 0 amide bonds. The van der Waals surface area contributed by atoms with Crippen molar-refractivity contribution in [1.29, 1.82) is 0 Å². The van der Waals surface area contributed by atoms with Gasteiger partial charge in [-0.1, -0.05) is 39.5 Å². The molecule has 0 saturated heterocycles. The molecule has 0 aromatic carbocycles. The zero-order valence-electron chi connectivity index (χ0n) is 13.6. The fourth-order valence-corrected chi connectivity index (χ4v) is 3.37. The van der Waals surface area contributed by atoms with Crippen LogP contribution in [0.4, 0.5) is 0 Å². The highest BCUT2D eigenvalue weighted by Crippen LogP contribution is 2.44. The van der Waals surface area contributed by atoms with Crippen LogP contribution in [-0.4, -0.2) is 37.0 Å². The zero-order valence-corrected chi connectivity index (χ0v) is 14.5. The average Bonchev–Trinajstić information content (AvgIpc) is 2.42. The predicted molar refractivity (Wildman–Crippen MR) is 86.6 cm³/mol. The van der Waals surface area contributed by atoms with Gasteiger partial charge >= 0.3 is 0 Å². The van der Waals surface area contributed by atoms with Crippen LogP contribution in [-0.2, 0) is 9.05 Å². The Kier molecular flexibility index (Phi) is 13.6. The molecular formula is C15H31N2O2P. The summed E-state index contributed by atoms with van der Waals surface area (Å²) in [7, 11) is -1.01. The highest BCUT2D eigenvalue weighted by atomic mass is 31.2. The molecule has 0 aliphatic carbocycles. The number of hydrogen-bond acceptors (Lipinski definition) is 3. The largest absolute Gasteiger partial charge is 0.322 e. The summed E-state index contributed by atoms with van der Waals surface area (Å²) in [5.74, 6) is 0. The molecule has 0 rings (SSSR count). The summed E-state index contributed by atoms with van der Waals surface area (Å²) in [6.07, 6.45) is 6.19. The van der Waals surface area contributed by atoms with Crippen LogP contribution in [0.25, 0.3) is 4.85 Å². The Morgan fingerprint density at radius 3 is 2.25 bits per heavy atom. The highest BCUT2D eigenvalue weighted by Gasteiger charge is 2.22. The lowest BCUT2D eigenvalue weighted by Crippen LogP contribution is -2.27. The van der Waals surface area contributed by atoms with Crippen LogP contribution in [0.2, 0.25) is 0 Å². The van der Waals surface area contributed by atoms with Gasteiger partial charge in [0.1, 0.15) is 6.61 Å². The van der Waals surface area contributed by atoms with Gasteiger partial charge in [0.05, 0.1) is 6.61 Å². The predicted octanol–water partition coefficient (Wildman–Crippen LogP) is 4.87. The van der Waals surface area contributed by atoms with Crippen molar-refractivity contribution >= 4 is 8.53 Å². The Morgan fingerprint density at radius 1 is 1.05 bits per heavy atom. The summed E-state index contributed by atoms with van der Waals surface area (Å²) >= 11 is 0. The molecule has 0 aliphatic heterocycles. The lowest BCUT2D eigenvalue weighted by molar-refractivity contribution is 0.196. The minimum absolute atomic E-state index is 0.402. The normalized spacial score (nSPS) is 12.8. The molecule has 0 heterocycles. The van der Waals surface area contributed by atoms with E-state index in [4.69, 9.17) is 15.6 Å². The lowest BCUT2D eigenvalue weighted by atomic mass is 10.2. The third-order valence-corrected chi connectivity index (χ3v) is 4.96. The van der Waals surface area contributed by atoms with E-state index in [0.717, 1.165) is 19.6 Å². The molecule has 0 radical (unpaired) electrons. The van der Waals surface area contributed by atoms with Crippen molar-refractivity contribution in [3.05, 3.63) is 11.4 Å². The number of rotatable bonds is 13. The van der Waals surface area contributed by atoms with Crippen LogP contribution in [0.3, 0.4) is 0 Å². The average molecular weight is 302 g/mol. The van der Waals surface area contributed by atoms with Crippen molar-refractivity contribution in [3.8, 4) is 0 Å². The van der Waals surface area contributed by atoms with Gasteiger partial charge in [-0.15, -0.1) is 0 Å². The van der Waals surface area contributed by atoms with Gasteiger partial charge in [-0.3, -0.25) is 0 Å². The molecule has 0 aliphatic rings. The van der Waals surface area contributed by atoms with E-state index in [-0.39, 0.29) is 0 Å². The fourth-order valence-electron chi connectivity index (χ4n) is 1.87. The maximum Gasteiger partial charge on any atom is 0.259 e. The summed E-state index contributed by atoms with van der Waals surface area (Å²) in [6, 6.07) is 0.402. The fraction of sp³-hybridized carbons (Fsp3) is 0.933. The molecule has 4 nitrogen and oxygen atoms in total. The third-order valence-electron chi connectivity index (χ3n) is 2.98. The molecule has 0 N–H and O–H groups in total. The monoisotopic (exact) mass is 302 g/mol. The summed E-state index contributed by atoms with van der Waals surface area (Å²) in [5.41, 5.74) is 0. The molecular weight excluding hydrogens is 271 g/mol. The molecule has 0 aromatic heterocycles. The first kappa shape index (κ1) is 19.8. The molecule has 0 spiro atoms. The Balaban J connectivity index is 4.07. The van der Waals surface area contributed by atoms with Gasteiger partial charge in [-0.2, -0.15) is 0 Å². The molecule has 1 unspecified atom stereocenters. The summed E-state index contributed by atoms with van der Waals surface area (Å²) in [5, 5.41) is 0. The topological polar surface area (TPSA) is 26.1 Å². The quantitative estimate of drug-likeness (QED) is 0.276. The van der Waals surface area contributed by atoms with Gasteiger partial charge in [-0.05, 0) is 20.3 Å². The van der Waals surface area contributed by atoms with E-state index >= 15 is 0 Å². The van der Waals surface area contributed by atoms with E-state index in [2.05, 4.69) is 37.2 Å². The smallest absolute Gasteiger partial charge is 0.259 e. The number of nitrogens with zero attached hydrogens (tertiary/aromatic N) is 2. The highest BCUT2D eigenvalue weighted by molar-refractivity contribution is 7.44. The second-order valence-corrected chi connectivity index (χ2v) is 6.56. The van der Waals surface area contributed by atoms with Crippen LogP contribution < -0.4 is 0 Å². The maximum atomic E-state index is 6.81. The van der Waals surface area contributed by atoms with Crippen molar-refractivity contribution in [2.45, 2.75) is 65.8 Å². The third kappa shape index (κ3) is 9.66. The van der Waals surface area contributed by atoms with E-state index in [1.165, 1.54) is 25.7 Å². The molecule has 5 heteroatoms. The van der Waals surface area contributed by atoms with Crippen LogP contribution in [0.5, 0.6) is 0 Å². The second kappa shape index (κ2) is 13.8. The minimum Gasteiger partial charge on any atom is -0.322 e. The van der Waals surface area contributed by atoms with Gasteiger partial charge < -0.3 is 13.9 Å². The molecule has 0 aromatic rings. The number of hydrogen-bond donors (Lipinski definition) is 0. The Hall–Kier alpha value is -0.200. The molecule has 20 heavy (non-hydrogen) atoms. The van der Waals surface area contributed by atoms with Crippen molar-refractivity contribution in [1.82, 2.24) is 4.67 Å². The van der Waals surface area contributed by atoms with Gasteiger partial charge in [0, 0.05) is 12.6 Å². The summed E-state index contributed by atoms with van der Waals surface area (Å²) < 4.78 is 14.0. The van der Waals surface area contributed by atoms with Crippen molar-refractivity contribution in [3.63, 3.8) is 0 Å². The van der Waals surface area contributed by atoms with Crippen molar-refractivity contribution in [2.24, 2.45) is 0 Å². The molecule has 0 fully saturated rings. The van der Waals surface area contributed by atoms with E-state index in [0.29, 0.717) is 19.2 Å². The van der Waals surface area contributed by atoms with Gasteiger partial charge in [-0.25, -0.2) is 11.2 Å². The maximum absolute atomic E-state index is 6.81. The van der Waals surface area contributed by atoms with Crippen LogP contribution >= 0.6 is 8.53 Å². The molecule has 118 valence electrons. The summed E-state index contributed by atoms with van der Waals surface area (Å²) in [4.78, 5) is 3.33. The zero-order chi connectivity index (χ0) is 15.2. The van der Waals surface area contributed by atoms with E-state index in [1.807, 2.05) is 0 Å². The Labute approximate surface area is 126 Å². The van der Waals surface area contributed by atoms with E-state index in [1.54, 1.807) is 0 Å². The molecule has 0 saturated carbocycles. The molecule has 0 bridgehead atoms. The van der Waals surface area contributed by atoms with Gasteiger partial charge in [0.25, 0.3) is 8.53 Å². The van der Waals surface area contributed by atoms with Crippen molar-refractivity contribution in [2.75, 3.05) is 26.3 Å². The van der Waals surface area contributed by atoms with Crippen molar-refractivity contribution < 1.29 is 9.05 Å². The second-order valence-electron chi connectivity index (χ2n) is 5.05. The van der Waals surface area contributed by atoms with Gasteiger partial charge in [0.2, 0.25) is 6.54 Å². The van der Waals surface area contributed by atoms with Crippen LogP contribution in [0.1, 0.15) is 59.8 Å². The number of unbranched alkanes of at least 4 members (excludes halogenated alkanes) is 4. The SMILES string of the molecule is [C-]#[N+]CCOP(OCCCCCCC)N(CC)C(C)C. The molecule has 1 atom stereocenters.